The van der Waals surface area contributed by atoms with Crippen molar-refractivity contribution in [2.45, 2.75) is 64.5 Å². The van der Waals surface area contributed by atoms with Gasteiger partial charge in [-0.1, -0.05) is 6.92 Å². The van der Waals surface area contributed by atoms with Crippen molar-refractivity contribution in [3.05, 3.63) is 59.7 Å². The van der Waals surface area contributed by atoms with E-state index in [1.807, 2.05) is 13.8 Å². The van der Waals surface area contributed by atoms with Gasteiger partial charge in [0.1, 0.15) is 34.7 Å². The van der Waals surface area contributed by atoms with Gasteiger partial charge in [0.05, 0.1) is 49.9 Å². The SMILES string of the molecule is CCOC(SCC)[C@@H]1C[C@@H](OC(C)=O)CN1C(=O)c1cc(OC)cc(OCCCCOc2cc(-c3ccc(F)cc3)nc(C)n2)c1N. The molecule has 11 nitrogen and oxygen atoms in total. The number of nitrogens with two attached hydrogens (primary N) is 1. The van der Waals surface area contributed by atoms with E-state index in [4.69, 9.17) is 29.4 Å². The third kappa shape index (κ3) is 9.71. The summed E-state index contributed by atoms with van der Waals surface area (Å²) in [4.78, 5) is 36.2. The second kappa shape index (κ2) is 17.2. The highest BCUT2D eigenvalue weighted by Crippen LogP contribution is 2.36. The average Bonchev–Trinajstić information content (AvgIpc) is 3.46. The van der Waals surface area contributed by atoms with E-state index in [2.05, 4.69) is 9.97 Å². The number of thioether (sulfide) groups is 1. The molecule has 1 amide bonds. The number of carbonyl (C=O) groups excluding carboxylic acids is 2. The molecule has 4 rings (SSSR count). The molecule has 0 aliphatic carbocycles. The number of anilines is 1. The fraction of sp³-hybridized carbons (Fsp3) is 0.471. The third-order valence-corrected chi connectivity index (χ3v) is 8.57. The van der Waals surface area contributed by atoms with Crippen LogP contribution in [0.4, 0.5) is 10.1 Å². The molecule has 254 valence electrons. The van der Waals surface area contributed by atoms with Gasteiger partial charge >= 0.3 is 5.97 Å². The summed E-state index contributed by atoms with van der Waals surface area (Å²) in [6.45, 7) is 8.48. The first-order chi connectivity index (χ1) is 22.6. The topological polar surface area (TPSA) is 135 Å². The minimum Gasteiger partial charge on any atom is -0.497 e. The summed E-state index contributed by atoms with van der Waals surface area (Å²) in [5.41, 5.74) is 8.08. The molecule has 1 aliphatic rings. The fourth-order valence-electron chi connectivity index (χ4n) is 5.35. The molecular weight excluding hydrogens is 627 g/mol. The molecule has 1 aliphatic heterocycles. The van der Waals surface area contributed by atoms with Crippen LogP contribution in [0.3, 0.4) is 0 Å². The summed E-state index contributed by atoms with van der Waals surface area (Å²) >= 11 is 1.60. The number of hydrogen-bond donors (Lipinski definition) is 1. The zero-order valence-corrected chi connectivity index (χ0v) is 28.3. The van der Waals surface area contributed by atoms with E-state index < -0.39 is 12.1 Å². The molecule has 1 aromatic heterocycles. The van der Waals surface area contributed by atoms with Gasteiger partial charge < -0.3 is 34.3 Å². The first-order valence-corrected chi connectivity index (χ1v) is 16.7. The summed E-state index contributed by atoms with van der Waals surface area (Å²) in [5, 5.41) is 0. The smallest absolute Gasteiger partial charge is 0.302 e. The number of amides is 1. The van der Waals surface area contributed by atoms with E-state index in [9.17, 15) is 14.0 Å². The van der Waals surface area contributed by atoms with E-state index in [1.165, 1.54) is 26.2 Å². The van der Waals surface area contributed by atoms with Gasteiger partial charge in [0.15, 0.2) is 0 Å². The number of esters is 1. The second-order valence-electron chi connectivity index (χ2n) is 10.9. The van der Waals surface area contributed by atoms with E-state index in [0.29, 0.717) is 68.0 Å². The van der Waals surface area contributed by atoms with E-state index in [1.54, 1.807) is 53.9 Å². The number of nitrogens with zero attached hydrogens (tertiary/aromatic N) is 3. The van der Waals surface area contributed by atoms with Crippen molar-refractivity contribution in [2.24, 2.45) is 0 Å². The number of aromatic nitrogens is 2. The maximum atomic E-state index is 14.0. The highest BCUT2D eigenvalue weighted by atomic mass is 32.2. The Hall–Kier alpha value is -4.10. The summed E-state index contributed by atoms with van der Waals surface area (Å²) in [5.74, 6) is 1.49. The van der Waals surface area contributed by atoms with Crippen LogP contribution in [0.5, 0.6) is 17.4 Å². The molecular formula is C34H43FN4O7S. The van der Waals surface area contributed by atoms with Crippen LogP contribution in [-0.2, 0) is 14.3 Å². The lowest BCUT2D eigenvalue weighted by Gasteiger charge is -2.31. The number of aryl methyl sites for hydroxylation is 1. The van der Waals surface area contributed by atoms with Crippen LogP contribution in [0.25, 0.3) is 11.3 Å². The number of likely N-dealkylation sites (tertiary alicyclic amines) is 1. The van der Waals surface area contributed by atoms with Gasteiger partial charge in [0, 0.05) is 37.6 Å². The first kappa shape index (κ1) is 35.7. The molecule has 0 spiro atoms. The van der Waals surface area contributed by atoms with Crippen molar-refractivity contribution in [3.8, 4) is 28.6 Å². The highest BCUT2D eigenvalue weighted by molar-refractivity contribution is 7.99. The Morgan fingerprint density at radius 1 is 1.09 bits per heavy atom. The third-order valence-electron chi connectivity index (χ3n) is 7.46. The molecule has 47 heavy (non-hydrogen) atoms. The van der Waals surface area contributed by atoms with Crippen LogP contribution in [0.2, 0.25) is 0 Å². The molecule has 3 atom stereocenters. The predicted octanol–water partition coefficient (Wildman–Crippen LogP) is 5.68. The summed E-state index contributed by atoms with van der Waals surface area (Å²) in [6, 6.07) is 10.7. The number of methoxy groups -OCH3 is 1. The number of rotatable bonds is 16. The predicted molar refractivity (Wildman–Crippen MR) is 178 cm³/mol. The van der Waals surface area contributed by atoms with Crippen LogP contribution < -0.4 is 19.9 Å². The fourth-order valence-corrected chi connectivity index (χ4v) is 6.39. The number of benzene rings is 2. The van der Waals surface area contributed by atoms with Gasteiger partial charge in [0.2, 0.25) is 5.88 Å². The molecule has 0 radical (unpaired) electrons. The molecule has 0 bridgehead atoms. The van der Waals surface area contributed by atoms with Gasteiger partial charge in [-0.2, -0.15) is 4.98 Å². The number of hydrogen-bond acceptors (Lipinski definition) is 11. The molecule has 1 fully saturated rings. The molecule has 3 aromatic rings. The Balaban J connectivity index is 1.39. The number of unbranched alkanes of at least 4 members (excludes halogenated alkanes) is 1. The van der Waals surface area contributed by atoms with Crippen LogP contribution >= 0.6 is 11.8 Å². The van der Waals surface area contributed by atoms with Crippen molar-refractivity contribution in [3.63, 3.8) is 0 Å². The van der Waals surface area contributed by atoms with Gasteiger partial charge in [-0.05, 0) is 62.8 Å². The number of carbonyl (C=O) groups is 2. The standard InChI is InChI=1S/C34H43FN4O7S/c1-6-43-34(47-7-2)29-17-26(46-22(4)40)20-39(29)33(41)27-16-25(42-5)18-30(32(27)36)44-14-8-9-15-45-31-19-28(37-21(3)38-31)23-10-12-24(35)13-11-23/h10-13,16,18-19,26,29,34H,6-9,14-15,17,20,36H2,1-5H3/t26-,29+,34?/m1/s1. The molecule has 2 aromatic carbocycles. The second-order valence-corrected chi connectivity index (χ2v) is 12.3. The Morgan fingerprint density at radius 2 is 1.81 bits per heavy atom. The Labute approximate surface area is 279 Å². The normalized spacial score (nSPS) is 16.5. The largest absolute Gasteiger partial charge is 0.497 e. The molecule has 1 saturated heterocycles. The molecule has 2 heterocycles. The van der Waals surface area contributed by atoms with Crippen molar-refractivity contribution >= 4 is 29.3 Å². The lowest BCUT2D eigenvalue weighted by atomic mass is 10.1. The van der Waals surface area contributed by atoms with Crippen LogP contribution in [0, 0.1) is 12.7 Å². The van der Waals surface area contributed by atoms with Crippen LogP contribution in [0.15, 0.2) is 42.5 Å². The molecule has 2 N–H and O–H groups in total. The first-order valence-electron chi connectivity index (χ1n) is 15.7. The van der Waals surface area contributed by atoms with Crippen molar-refractivity contribution < 1.29 is 37.7 Å². The quantitative estimate of drug-likeness (QED) is 0.0873. The van der Waals surface area contributed by atoms with Gasteiger partial charge in [-0.3, -0.25) is 9.59 Å². The maximum absolute atomic E-state index is 14.0. The Morgan fingerprint density at radius 3 is 2.47 bits per heavy atom. The molecule has 1 unspecified atom stereocenters. The van der Waals surface area contributed by atoms with Crippen molar-refractivity contribution in [2.75, 3.05) is 45.0 Å². The summed E-state index contributed by atoms with van der Waals surface area (Å²) in [6.07, 6.45) is 1.30. The zero-order chi connectivity index (χ0) is 33.9. The number of halogens is 1. The summed E-state index contributed by atoms with van der Waals surface area (Å²) in [7, 11) is 1.51. The minimum atomic E-state index is -0.451. The van der Waals surface area contributed by atoms with Crippen molar-refractivity contribution in [1.29, 1.82) is 0 Å². The Kier molecular flexibility index (Phi) is 13.1. The van der Waals surface area contributed by atoms with E-state index in [0.717, 1.165) is 11.3 Å². The van der Waals surface area contributed by atoms with E-state index >= 15 is 0 Å². The number of ether oxygens (including phenoxy) is 5. The summed E-state index contributed by atoms with van der Waals surface area (Å²) < 4.78 is 42.2. The van der Waals surface area contributed by atoms with Gasteiger partial charge in [-0.15, -0.1) is 11.8 Å². The lowest BCUT2D eigenvalue weighted by molar-refractivity contribution is -0.145. The van der Waals surface area contributed by atoms with Crippen LogP contribution in [0.1, 0.15) is 56.2 Å². The average molecular weight is 671 g/mol. The van der Waals surface area contributed by atoms with Crippen LogP contribution in [-0.4, -0.2) is 83.6 Å². The van der Waals surface area contributed by atoms with Gasteiger partial charge in [0.25, 0.3) is 5.91 Å². The monoisotopic (exact) mass is 670 g/mol. The van der Waals surface area contributed by atoms with E-state index in [-0.39, 0.29) is 41.0 Å². The minimum absolute atomic E-state index is 0.197. The van der Waals surface area contributed by atoms with Gasteiger partial charge in [-0.25, -0.2) is 9.37 Å². The Bertz CT molecular complexity index is 1500. The molecule has 0 saturated carbocycles. The highest BCUT2D eigenvalue weighted by Gasteiger charge is 2.42. The van der Waals surface area contributed by atoms with Crippen molar-refractivity contribution in [1.82, 2.24) is 14.9 Å². The maximum Gasteiger partial charge on any atom is 0.302 e. The zero-order valence-electron chi connectivity index (χ0n) is 27.5. The lowest BCUT2D eigenvalue weighted by Crippen LogP contribution is -2.43. The molecule has 13 heteroatoms. The number of nitrogen functional groups attached to an aromatic ring is 1.